The Morgan fingerprint density at radius 3 is 2.04 bits per heavy atom. The largest absolute Gasteiger partial charge is 0.416 e. The topological polar surface area (TPSA) is 67.2 Å². The van der Waals surface area contributed by atoms with E-state index in [1.165, 1.54) is 9.47 Å². The van der Waals surface area contributed by atoms with Crippen molar-refractivity contribution in [3.63, 3.8) is 0 Å². The lowest BCUT2D eigenvalue weighted by Gasteiger charge is -2.31. The molecule has 0 aliphatic rings. The number of anilines is 1. The number of nitrogens with one attached hydrogen (secondary N) is 1. The standard InChI is InChI=1S/C32H23BrF6N4O2/c1-19(28-41-27-10-6-5-9-26(27)29(44)43(28)25-13-11-23(33)12-14-25)42(18-20-7-3-2-4-8-20)30(45)40-24-16-21(31(34,35)36)15-22(17-24)32(37,38)39/h2-17,19H,18H2,1H3,(H,40,45). The van der Waals surface area contributed by atoms with E-state index < -0.39 is 46.8 Å². The summed E-state index contributed by atoms with van der Waals surface area (Å²) in [4.78, 5) is 33.5. The summed E-state index contributed by atoms with van der Waals surface area (Å²) in [6.07, 6.45) is -10.2. The first-order valence-electron chi connectivity index (χ1n) is 13.4. The van der Waals surface area contributed by atoms with Crippen LogP contribution in [0.3, 0.4) is 0 Å². The third kappa shape index (κ3) is 7.03. The Hall–Kier alpha value is -4.65. The third-order valence-electron chi connectivity index (χ3n) is 7.02. The number of nitrogens with zero attached hydrogens (tertiary/aromatic N) is 3. The zero-order valence-electron chi connectivity index (χ0n) is 23.3. The van der Waals surface area contributed by atoms with Crippen LogP contribution < -0.4 is 10.9 Å². The highest BCUT2D eigenvalue weighted by molar-refractivity contribution is 9.10. The number of benzene rings is 4. The van der Waals surface area contributed by atoms with Crippen molar-refractivity contribution < 1.29 is 31.1 Å². The van der Waals surface area contributed by atoms with Crippen molar-refractivity contribution in [2.24, 2.45) is 0 Å². The van der Waals surface area contributed by atoms with Gasteiger partial charge in [0.1, 0.15) is 5.82 Å². The van der Waals surface area contributed by atoms with Crippen molar-refractivity contribution >= 4 is 38.6 Å². The fourth-order valence-corrected chi connectivity index (χ4v) is 5.06. The minimum Gasteiger partial charge on any atom is -0.310 e. The van der Waals surface area contributed by atoms with E-state index in [4.69, 9.17) is 4.98 Å². The summed E-state index contributed by atoms with van der Waals surface area (Å²) in [6, 6.07) is 20.8. The lowest BCUT2D eigenvalue weighted by atomic mass is 10.1. The molecule has 1 heterocycles. The maximum atomic E-state index is 13.8. The quantitative estimate of drug-likeness (QED) is 0.181. The van der Waals surface area contributed by atoms with Crippen molar-refractivity contribution in [2.75, 3.05) is 5.32 Å². The van der Waals surface area contributed by atoms with Gasteiger partial charge in [-0.25, -0.2) is 9.78 Å². The van der Waals surface area contributed by atoms with Crippen molar-refractivity contribution in [2.45, 2.75) is 31.9 Å². The van der Waals surface area contributed by atoms with Crippen molar-refractivity contribution in [3.05, 3.63) is 134 Å². The Kier molecular flexibility index (Phi) is 8.74. The molecule has 45 heavy (non-hydrogen) atoms. The average Bonchev–Trinajstić information content (AvgIpc) is 2.99. The molecule has 0 radical (unpaired) electrons. The minimum atomic E-state index is -5.10. The molecule has 6 nitrogen and oxygen atoms in total. The number of rotatable bonds is 6. The van der Waals surface area contributed by atoms with Crippen LogP contribution in [-0.4, -0.2) is 20.5 Å². The van der Waals surface area contributed by atoms with E-state index in [9.17, 15) is 35.9 Å². The number of urea groups is 1. The van der Waals surface area contributed by atoms with E-state index in [2.05, 4.69) is 21.2 Å². The van der Waals surface area contributed by atoms with E-state index in [0.717, 1.165) is 4.47 Å². The normalized spacial score (nSPS) is 12.6. The first kappa shape index (κ1) is 31.8. The highest BCUT2D eigenvalue weighted by Gasteiger charge is 2.37. The van der Waals surface area contributed by atoms with Crippen molar-refractivity contribution in [1.29, 1.82) is 0 Å². The van der Waals surface area contributed by atoms with Gasteiger partial charge in [-0.2, -0.15) is 26.3 Å². The molecular formula is C32H23BrF6N4O2. The van der Waals surface area contributed by atoms with Crippen LogP contribution in [0.4, 0.5) is 36.8 Å². The van der Waals surface area contributed by atoms with Gasteiger partial charge in [-0.05, 0) is 67.1 Å². The molecule has 0 saturated carbocycles. The predicted molar refractivity (Wildman–Crippen MR) is 161 cm³/mol. The molecule has 0 saturated heterocycles. The first-order chi connectivity index (χ1) is 21.2. The summed E-state index contributed by atoms with van der Waals surface area (Å²) in [5, 5.41) is 2.53. The van der Waals surface area contributed by atoms with E-state index in [-0.39, 0.29) is 18.4 Å². The molecule has 1 aromatic heterocycles. The molecule has 0 aliphatic carbocycles. The van der Waals surface area contributed by atoms with Gasteiger partial charge in [0.15, 0.2) is 0 Å². The number of aromatic nitrogens is 2. The van der Waals surface area contributed by atoms with E-state index in [0.29, 0.717) is 34.3 Å². The molecule has 1 unspecified atom stereocenters. The molecule has 5 aromatic rings. The number of para-hydroxylation sites is 1. The zero-order valence-corrected chi connectivity index (χ0v) is 24.9. The molecule has 4 aromatic carbocycles. The number of hydrogen-bond acceptors (Lipinski definition) is 3. The van der Waals surface area contributed by atoms with Gasteiger partial charge in [-0.3, -0.25) is 9.36 Å². The minimum absolute atomic E-state index is 0.0179. The van der Waals surface area contributed by atoms with Gasteiger partial charge in [-0.1, -0.05) is 58.4 Å². The Bertz CT molecular complexity index is 1880. The number of halogens is 7. The van der Waals surface area contributed by atoms with Crippen molar-refractivity contribution in [1.82, 2.24) is 14.5 Å². The van der Waals surface area contributed by atoms with Crippen LogP contribution in [0, 0.1) is 0 Å². The summed E-state index contributed by atoms with van der Waals surface area (Å²) in [5.74, 6) is 0.118. The first-order valence-corrected chi connectivity index (χ1v) is 14.2. The van der Waals surface area contributed by atoms with Gasteiger partial charge in [0.25, 0.3) is 5.56 Å². The van der Waals surface area contributed by atoms with Crippen molar-refractivity contribution in [3.8, 4) is 5.69 Å². The van der Waals surface area contributed by atoms with Crippen LogP contribution in [0.1, 0.15) is 35.5 Å². The highest BCUT2D eigenvalue weighted by Crippen LogP contribution is 2.38. The number of hydrogen-bond donors (Lipinski definition) is 1. The second kappa shape index (κ2) is 12.4. The number of fused-ring (bicyclic) bond motifs is 1. The zero-order chi connectivity index (χ0) is 32.5. The Balaban J connectivity index is 1.64. The Morgan fingerprint density at radius 2 is 1.44 bits per heavy atom. The molecular weight excluding hydrogens is 666 g/mol. The van der Waals surface area contributed by atoms with Gasteiger partial charge in [-0.15, -0.1) is 0 Å². The summed E-state index contributed by atoms with van der Waals surface area (Å²) in [6.45, 7) is 1.45. The average molecular weight is 689 g/mol. The molecule has 1 atom stereocenters. The number of carbonyl (C=O) groups excluding carboxylic acids is 1. The monoisotopic (exact) mass is 688 g/mol. The lowest BCUT2D eigenvalue weighted by Crippen LogP contribution is -2.39. The second-order valence-electron chi connectivity index (χ2n) is 10.1. The summed E-state index contributed by atoms with van der Waals surface area (Å²) in [7, 11) is 0. The molecule has 13 heteroatoms. The Morgan fingerprint density at radius 1 is 0.867 bits per heavy atom. The Labute approximate surface area is 261 Å². The summed E-state index contributed by atoms with van der Waals surface area (Å²) >= 11 is 3.36. The number of carbonyl (C=O) groups is 1. The van der Waals surface area contributed by atoms with Crippen LogP contribution in [0.15, 0.2) is 106 Å². The summed E-state index contributed by atoms with van der Waals surface area (Å²) < 4.78 is 83.3. The summed E-state index contributed by atoms with van der Waals surface area (Å²) in [5.41, 5.74) is -2.91. The molecule has 232 valence electrons. The maximum Gasteiger partial charge on any atom is 0.416 e. The van der Waals surface area contributed by atoms with E-state index in [1.54, 1.807) is 85.8 Å². The molecule has 0 bridgehead atoms. The SMILES string of the molecule is CC(c1nc2ccccc2c(=O)n1-c1ccc(Br)cc1)N(Cc1ccccc1)C(=O)Nc1cc(C(F)(F)F)cc(C(F)(F)F)c1. The molecule has 0 fully saturated rings. The van der Waals surface area contributed by atoms with Gasteiger partial charge in [0, 0.05) is 16.7 Å². The molecule has 5 rings (SSSR count). The smallest absolute Gasteiger partial charge is 0.310 e. The number of alkyl halides is 6. The molecule has 2 amide bonds. The molecule has 1 N–H and O–H groups in total. The van der Waals surface area contributed by atoms with Gasteiger partial charge in [0.2, 0.25) is 0 Å². The molecule has 0 spiro atoms. The fourth-order valence-electron chi connectivity index (χ4n) is 4.80. The fraction of sp³-hybridized carbons (Fsp3) is 0.156. The van der Waals surface area contributed by atoms with Crippen LogP contribution in [0.25, 0.3) is 16.6 Å². The van der Waals surface area contributed by atoms with Crippen LogP contribution >= 0.6 is 15.9 Å². The maximum absolute atomic E-state index is 13.8. The van der Waals surface area contributed by atoms with E-state index >= 15 is 0 Å². The van der Waals surface area contributed by atoms with Gasteiger partial charge < -0.3 is 10.2 Å². The lowest BCUT2D eigenvalue weighted by molar-refractivity contribution is -0.143. The third-order valence-corrected chi connectivity index (χ3v) is 7.55. The van der Waals surface area contributed by atoms with Gasteiger partial charge in [0.05, 0.1) is 33.8 Å². The van der Waals surface area contributed by atoms with E-state index in [1.807, 2.05) is 0 Å². The van der Waals surface area contributed by atoms with Crippen LogP contribution in [-0.2, 0) is 18.9 Å². The van der Waals surface area contributed by atoms with Crippen LogP contribution in [0.5, 0.6) is 0 Å². The highest BCUT2D eigenvalue weighted by atomic mass is 79.9. The predicted octanol–water partition coefficient (Wildman–Crippen LogP) is 8.98. The van der Waals surface area contributed by atoms with Crippen LogP contribution in [0.2, 0.25) is 0 Å². The van der Waals surface area contributed by atoms with Gasteiger partial charge >= 0.3 is 18.4 Å². The molecule has 0 aliphatic heterocycles. The number of amides is 2. The second-order valence-corrected chi connectivity index (χ2v) is 11.0.